The summed E-state index contributed by atoms with van der Waals surface area (Å²) < 4.78 is 4.69. The maximum atomic E-state index is 11.5. The van der Waals surface area contributed by atoms with Crippen molar-refractivity contribution in [1.82, 2.24) is 4.90 Å². The molecule has 2 amide bonds. The first-order chi connectivity index (χ1) is 9.88. The number of carbonyl (C=O) groups excluding carboxylic acids is 2. The number of carboxylic acid groups (broad SMARTS) is 1. The quantitative estimate of drug-likeness (QED) is 0.772. The molecule has 0 aliphatic rings. The molecule has 0 aromatic heterocycles. The molecule has 0 unspecified atom stereocenters. The minimum absolute atomic E-state index is 0.0495. The minimum atomic E-state index is -1.13. The summed E-state index contributed by atoms with van der Waals surface area (Å²) in [4.78, 5) is 34.5. The van der Waals surface area contributed by atoms with Crippen molar-refractivity contribution in [2.45, 2.75) is 13.5 Å². The first-order valence-corrected chi connectivity index (χ1v) is 6.28. The third-order valence-corrected chi connectivity index (χ3v) is 2.63. The van der Waals surface area contributed by atoms with Crippen LogP contribution in [0.15, 0.2) is 24.3 Å². The van der Waals surface area contributed by atoms with E-state index in [4.69, 9.17) is 9.84 Å². The third kappa shape index (κ3) is 6.53. The molecule has 0 fully saturated rings. The molecule has 0 radical (unpaired) electrons. The van der Waals surface area contributed by atoms with Gasteiger partial charge in [-0.1, -0.05) is 12.1 Å². The molecule has 7 heteroatoms. The van der Waals surface area contributed by atoms with Crippen molar-refractivity contribution in [3.8, 4) is 0 Å². The topological polar surface area (TPSA) is 95.9 Å². The van der Waals surface area contributed by atoms with E-state index >= 15 is 0 Å². The highest BCUT2D eigenvalue weighted by molar-refractivity contribution is 5.91. The molecule has 0 aliphatic heterocycles. The first-order valence-electron chi connectivity index (χ1n) is 6.28. The van der Waals surface area contributed by atoms with E-state index in [0.29, 0.717) is 12.2 Å². The predicted octanol–water partition coefficient (Wildman–Crippen LogP) is 0.705. The zero-order valence-corrected chi connectivity index (χ0v) is 12.0. The van der Waals surface area contributed by atoms with Crippen LogP contribution in [0.25, 0.3) is 0 Å². The van der Waals surface area contributed by atoms with Gasteiger partial charge in [0.05, 0.1) is 0 Å². The molecule has 1 aromatic rings. The molecule has 0 atom stereocenters. The second-order valence-corrected chi connectivity index (χ2v) is 4.51. The van der Waals surface area contributed by atoms with Gasteiger partial charge in [-0.3, -0.25) is 9.59 Å². The maximum Gasteiger partial charge on any atom is 0.329 e. The summed E-state index contributed by atoms with van der Waals surface area (Å²) in [5, 5.41) is 11.0. The number of benzene rings is 1. The summed E-state index contributed by atoms with van der Waals surface area (Å²) in [5.41, 5.74) is 1.44. The second kappa shape index (κ2) is 8.01. The average molecular weight is 294 g/mol. The van der Waals surface area contributed by atoms with Crippen molar-refractivity contribution in [3.63, 3.8) is 0 Å². The van der Waals surface area contributed by atoms with Crippen LogP contribution in [0.2, 0.25) is 0 Å². The molecule has 7 nitrogen and oxygen atoms in total. The number of rotatable bonds is 7. The lowest BCUT2D eigenvalue weighted by Gasteiger charge is -2.15. The number of hydrogen-bond donors (Lipinski definition) is 2. The monoisotopic (exact) mass is 294 g/mol. The number of amides is 2. The highest BCUT2D eigenvalue weighted by Crippen LogP contribution is 2.12. The van der Waals surface area contributed by atoms with Crippen LogP contribution in [0.3, 0.4) is 0 Å². The van der Waals surface area contributed by atoms with Gasteiger partial charge in [0.25, 0.3) is 0 Å². The second-order valence-electron chi connectivity index (χ2n) is 4.51. The molecule has 0 spiro atoms. The number of nitrogens with one attached hydrogen (secondary N) is 1. The van der Waals surface area contributed by atoms with E-state index in [0.717, 1.165) is 5.56 Å². The molecule has 1 aromatic carbocycles. The molecule has 0 saturated carbocycles. The van der Waals surface area contributed by atoms with Gasteiger partial charge >= 0.3 is 5.97 Å². The minimum Gasteiger partial charge on any atom is -0.480 e. The van der Waals surface area contributed by atoms with E-state index < -0.39 is 18.5 Å². The highest BCUT2D eigenvalue weighted by atomic mass is 16.5. The molecular formula is C14H18N2O5. The molecule has 114 valence electrons. The van der Waals surface area contributed by atoms with Crippen molar-refractivity contribution in [2.24, 2.45) is 0 Å². The van der Waals surface area contributed by atoms with Gasteiger partial charge in [-0.05, 0) is 17.7 Å². The third-order valence-electron chi connectivity index (χ3n) is 2.63. The number of hydrogen-bond acceptors (Lipinski definition) is 4. The number of anilines is 1. The molecule has 0 aliphatic carbocycles. The smallest absolute Gasteiger partial charge is 0.329 e. The number of ether oxygens (including phenoxy) is 1. The van der Waals surface area contributed by atoms with Gasteiger partial charge in [-0.15, -0.1) is 0 Å². The van der Waals surface area contributed by atoms with Crippen molar-refractivity contribution < 1.29 is 24.2 Å². The molecule has 1 rings (SSSR count). The number of aliphatic carboxylic acids is 1. The highest BCUT2D eigenvalue weighted by Gasteiger charge is 2.07. The molecule has 2 N–H and O–H groups in total. The van der Waals surface area contributed by atoms with E-state index in [1.54, 1.807) is 30.1 Å². The lowest BCUT2D eigenvalue weighted by molar-refractivity contribution is -0.143. The van der Waals surface area contributed by atoms with Crippen LogP contribution < -0.4 is 5.32 Å². The summed E-state index contributed by atoms with van der Waals surface area (Å²) in [6.45, 7) is 1.07. The summed E-state index contributed by atoms with van der Waals surface area (Å²) in [7, 11) is 1.69. The number of nitrogens with zero attached hydrogens (tertiary/aromatic N) is 1. The van der Waals surface area contributed by atoms with Crippen LogP contribution in [0.1, 0.15) is 12.5 Å². The lowest BCUT2D eigenvalue weighted by atomic mass is 10.2. The molecule has 0 saturated heterocycles. The van der Waals surface area contributed by atoms with Gasteiger partial charge in [0.1, 0.15) is 13.2 Å². The van der Waals surface area contributed by atoms with Crippen molar-refractivity contribution in [2.75, 3.05) is 25.6 Å². The summed E-state index contributed by atoms with van der Waals surface area (Å²) in [5.74, 6) is -1.61. The van der Waals surface area contributed by atoms with Crippen molar-refractivity contribution in [3.05, 3.63) is 29.8 Å². The SMILES string of the molecule is CC(=O)N(C)Cc1cccc(NC(=O)COCC(=O)O)c1. The molecule has 21 heavy (non-hydrogen) atoms. The van der Waals surface area contributed by atoms with Gasteiger partial charge in [-0.25, -0.2) is 4.79 Å². The fourth-order valence-electron chi connectivity index (χ4n) is 1.56. The number of carboxylic acids is 1. The fraction of sp³-hybridized carbons (Fsp3) is 0.357. The first kappa shape index (κ1) is 16.6. The Hall–Kier alpha value is -2.41. The van der Waals surface area contributed by atoms with Crippen LogP contribution in [0.4, 0.5) is 5.69 Å². The Morgan fingerprint density at radius 2 is 2.00 bits per heavy atom. The normalized spacial score (nSPS) is 10.0. The summed E-state index contributed by atoms with van der Waals surface area (Å²) >= 11 is 0. The van der Waals surface area contributed by atoms with E-state index in [1.165, 1.54) is 6.92 Å². The fourth-order valence-corrected chi connectivity index (χ4v) is 1.56. The van der Waals surface area contributed by atoms with Crippen molar-refractivity contribution >= 4 is 23.5 Å². The van der Waals surface area contributed by atoms with Crippen molar-refractivity contribution in [1.29, 1.82) is 0 Å². The molecule has 0 heterocycles. The van der Waals surface area contributed by atoms with E-state index in [1.807, 2.05) is 6.07 Å². The van der Waals surface area contributed by atoms with Crippen LogP contribution in [-0.2, 0) is 25.7 Å². The lowest BCUT2D eigenvalue weighted by Crippen LogP contribution is -2.23. The number of carbonyl (C=O) groups is 3. The average Bonchev–Trinajstić information content (AvgIpc) is 2.38. The molecule has 0 bridgehead atoms. The van der Waals surface area contributed by atoms with Crippen LogP contribution in [0.5, 0.6) is 0 Å². The van der Waals surface area contributed by atoms with E-state index in [-0.39, 0.29) is 12.5 Å². The van der Waals surface area contributed by atoms with Gasteiger partial charge in [-0.2, -0.15) is 0 Å². The summed E-state index contributed by atoms with van der Waals surface area (Å²) in [6.07, 6.45) is 0. The Morgan fingerprint density at radius 3 is 2.62 bits per heavy atom. The van der Waals surface area contributed by atoms with E-state index in [2.05, 4.69) is 5.32 Å². The summed E-state index contributed by atoms with van der Waals surface area (Å²) in [6, 6.07) is 7.05. The van der Waals surface area contributed by atoms with Gasteiger partial charge in [0.2, 0.25) is 11.8 Å². The van der Waals surface area contributed by atoms with E-state index in [9.17, 15) is 14.4 Å². The van der Waals surface area contributed by atoms with Gasteiger partial charge in [0, 0.05) is 26.2 Å². The Bertz CT molecular complexity index is 530. The predicted molar refractivity (Wildman–Crippen MR) is 75.7 cm³/mol. The van der Waals surface area contributed by atoms with Crippen LogP contribution in [-0.4, -0.2) is 48.1 Å². The Kier molecular flexibility index (Phi) is 6.35. The maximum absolute atomic E-state index is 11.5. The van der Waals surface area contributed by atoms with Gasteiger partial charge < -0.3 is 20.1 Å². The Labute approximate surface area is 122 Å². The zero-order chi connectivity index (χ0) is 15.8. The standard InChI is InChI=1S/C14H18N2O5/c1-10(17)16(2)7-11-4-3-5-12(6-11)15-13(18)8-21-9-14(19)20/h3-6H,7-9H2,1-2H3,(H,15,18)(H,19,20). The van der Waals surface area contributed by atoms with Gasteiger partial charge in [0.15, 0.2) is 0 Å². The largest absolute Gasteiger partial charge is 0.480 e. The van der Waals surface area contributed by atoms with Crippen LogP contribution >= 0.6 is 0 Å². The Morgan fingerprint density at radius 1 is 1.29 bits per heavy atom. The Balaban J connectivity index is 2.54. The molecular weight excluding hydrogens is 276 g/mol. The zero-order valence-electron chi connectivity index (χ0n) is 12.0. The van der Waals surface area contributed by atoms with Crippen LogP contribution in [0, 0.1) is 0 Å².